The molecule has 0 radical (unpaired) electrons. The second kappa shape index (κ2) is 5.91. The number of benzene rings is 1. The van der Waals surface area contributed by atoms with Crippen molar-refractivity contribution in [1.82, 2.24) is 9.78 Å². The lowest BCUT2D eigenvalue weighted by molar-refractivity contribution is 0.336. The highest BCUT2D eigenvalue weighted by molar-refractivity contribution is 9.10. The molecule has 1 aromatic heterocycles. The summed E-state index contributed by atoms with van der Waals surface area (Å²) in [6.45, 7) is 0. The van der Waals surface area contributed by atoms with Crippen LogP contribution in [0.2, 0.25) is 0 Å². The van der Waals surface area contributed by atoms with Crippen LogP contribution in [-0.4, -0.2) is 14.7 Å². The molecule has 1 heterocycles. The van der Waals surface area contributed by atoms with E-state index in [1.54, 1.807) is 18.2 Å². The van der Waals surface area contributed by atoms with Gasteiger partial charge in [0.05, 0.1) is 5.69 Å². The van der Waals surface area contributed by atoms with Crippen LogP contribution in [0.4, 0.5) is 5.82 Å². The molecule has 2 rings (SSSR count). The van der Waals surface area contributed by atoms with Gasteiger partial charge in [-0.3, -0.25) is 0 Å². The highest BCUT2D eigenvalue weighted by Gasteiger charge is 2.16. The molecule has 96 valence electrons. The molecule has 0 saturated heterocycles. The van der Waals surface area contributed by atoms with Crippen molar-refractivity contribution in [3.63, 3.8) is 0 Å². The Balaban J connectivity index is 2.41. The Morgan fingerprint density at radius 1 is 1.53 bits per heavy atom. The molecule has 1 atom stereocenters. The molecule has 0 aliphatic carbocycles. The average molecular weight is 342 g/mol. The predicted octanol–water partition coefficient (Wildman–Crippen LogP) is 2.50. The Morgan fingerprint density at radius 3 is 2.95 bits per heavy atom. The number of hydrogen-bond acceptors (Lipinski definition) is 5. The van der Waals surface area contributed by atoms with Crippen LogP contribution in [0.25, 0.3) is 5.69 Å². The number of nitrogens with one attached hydrogen (secondary N) is 1. The van der Waals surface area contributed by atoms with Gasteiger partial charge >= 0.3 is 8.25 Å². The molecule has 0 aliphatic heterocycles. The van der Waals surface area contributed by atoms with Gasteiger partial charge in [0.25, 0.3) is 0 Å². The van der Waals surface area contributed by atoms with Crippen LogP contribution in [-0.2, 0) is 9.19 Å². The van der Waals surface area contributed by atoms with E-state index in [4.69, 9.17) is 10.2 Å². The average Bonchev–Trinajstić information content (AvgIpc) is 2.79. The van der Waals surface area contributed by atoms with Gasteiger partial charge in [0.15, 0.2) is 11.5 Å². The quantitative estimate of drug-likeness (QED) is 0.654. The zero-order valence-electron chi connectivity index (χ0n) is 9.32. The van der Waals surface area contributed by atoms with Crippen molar-refractivity contribution in [3.05, 3.63) is 40.5 Å². The van der Waals surface area contributed by atoms with Crippen molar-refractivity contribution in [3.8, 4) is 11.8 Å². The van der Waals surface area contributed by atoms with Gasteiger partial charge in [0.1, 0.15) is 6.07 Å². The molecule has 0 aliphatic rings. The molecule has 19 heavy (non-hydrogen) atoms. The van der Waals surface area contributed by atoms with Gasteiger partial charge in [-0.25, -0.2) is 4.68 Å². The second-order valence-corrected chi connectivity index (χ2v) is 4.92. The molecular formula is C10H7BrN4O3P+. The molecule has 0 amide bonds. The third-order valence-corrected chi connectivity index (χ3v) is 2.85. The van der Waals surface area contributed by atoms with Crippen molar-refractivity contribution < 1.29 is 14.1 Å². The minimum Gasteiger partial charge on any atom is -0.214 e. The van der Waals surface area contributed by atoms with Gasteiger partial charge in [-0.05, 0) is 18.2 Å². The largest absolute Gasteiger partial charge is 0.719 e. The van der Waals surface area contributed by atoms with Crippen LogP contribution < -0.4 is 5.48 Å². The maximum atomic E-state index is 10.5. The second-order valence-electron chi connectivity index (χ2n) is 3.35. The smallest absolute Gasteiger partial charge is 0.214 e. The van der Waals surface area contributed by atoms with Crippen molar-refractivity contribution in [2.75, 3.05) is 5.48 Å². The fourth-order valence-electron chi connectivity index (χ4n) is 1.40. The molecule has 9 heteroatoms. The highest BCUT2D eigenvalue weighted by atomic mass is 79.9. The summed E-state index contributed by atoms with van der Waals surface area (Å²) in [7, 11) is -2.80. The lowest BCUT2D eigenvalue weighted by Gasteiger charge is -2.05. The van der Waals surface area contributed by atoms with E-state index in [0.29, 0.717) is 5.69 Å². The normalized spacial score (nSPS) is 10.9. The van der Waals surface area contributed by atoms with Gasteiger partial charge in [0.2, 0.25) is 0 Å². The summed E-state index contributed by atoms with van der Waals surface area (Å²) >= 11 is 3.33. The van der Waals surface area contributed by atoms with Crippen molar-refractivity contribution in [2.45, 2.75) is 0 Å². The summed E-state index contributed by atoms with van der Waals surface area (Å²) in [6.07, 6.45) is 0. The summed E-state index contributed by atoms with van der Waals surface area (Å²) in [6, 6.07) is 10.5. The third kappa shape index (κ3) is 3.36. The Morgan fingerprint density at radius 2 is 2.32 bits per heavy atom. The Bertz CT molecular complexity index is 667. The van der Waals surface area contributed by atoms with Gasteiger partial charge in [-0.1, -0.05) is 22.0 Å². The van der Waals surface area contributed by atoms with Crippen LogP contribution in [0.1, 0.15) is 5.69 Å². The van der Waals surface area contributed by atoms with E-state index >= 15 is 0 Å². The van der Waals surface area contributed by atoms with E-state index in [9.17, 15) is 4.57 Å². The SMILES string of the molecule is N#Cc1cc(NO[P+](=O)O)n(-c2cccc(Br)c2)n1. The predicted molar refractivity (Wildman–Crippen MR) is 70.5 cm³/mol. The molecule has 1 unspecified atom stereocenters. The van der Waals surface area contributed by atoms with Crippen LogP contribution in [0, 0.1) is 11.3 Å². The minimum absolute atomic E-state index is 0.152. The van der Waals surface area contributed by atoms with E-state index in [1.807, 2.05) is 12.1 Å². The Labute approximate surface area is 117 Å². The summed E-state index contributed by atoms with van der Waals surface area (Å²) in [5.41, 5.74) is 3.10. The monoisotopic (exact) mass is 341 g/mol. The van der Waals surface area contributed by atoms with Crippen LogP contribution in [0.5, 0.6) is 0 Å². The maximum absolute atomic E-state index is 10.5. The van der Waals surface area contributed by atoms with Crippen molar-refractivity contribution >= 4 is 30.0 Å². The molecular weight excluding hydrogens is 335 g/mol. The topological polar surface area (TPSA) is 100 Å². The highest BCUT2D eigenvalue weighted by Crippen LogP contribution is 2.23. The molecule has 2 aromatic rings. The minimum atomic E-state index is -2.80. The summed E-state index contributed by atoms with van der Waals surface area (Å²) in [5.74, 6) is 0.270. The number of rotatable bonds is 4. The maximum Gasteiger partial charge on any atom is 0.719 e. The van der Waals surface area contributed by atoms with Gasteiger partial charge < -0.3 is 0 Å². The first-order valence-electron chi connectivity index (χ1n) is 4.95. The van der Waals surface area contributed by atoms with Crippen LogP contribution in [0.15, 0.2) is 34.8 Å². The molecule has 0 spiro atoms. The van der Waals surface area contributed by atoms with Gasteiger partial charge in [0, 0.05) is 19.7 Å². The van der Waals surface area contributed by atoms with Gasteiger partial charge in [-0.2, -0.15) is 15.8 Å². The fraction of sp³-hybridized carbons (Fsp3) is 0. The van der Waals surface area contributed by atoms with E-state index < -0.39 is 8.25 Å². The zero-order valence-corrected chi connectivity index (χ0v) is 11.8. The lowest BCUT2D eigenvalue weighted by atomic mass is 10.3. The van der Waals surface area contributed by atoms with Gasteiger partial charge in [-0.15, -0.1) is 4.89 Å². The van der Waals surface area contributed by atoms with Crippen LogP contribution >= 0.6 is 24.2 Å². The Hall–Kier alpha value is -1.78. The standard InChI is InChI=1S/C10H6BrN4O3P/c11-7-2-1-3-9(4-7)15-10(14-18-19(16)17)5-8(6-12)13-15/h1-5,14H/p+1. The summed E-state index contributed by atoms with van der Waals surface area (Å²) in [5, 5.41) is 12.9. The molecule has 1 aromatic carbocycles. The number of anilines is 1. The Kier molecular flexibility index (Phi) is 4.24. The molecule has 0 saturated carbocycles. The van der Waals surface area contributed by atoms with E-state index in [2.05, 4.69) is 31.1 Å². The van der Waals surface area contributed by atoms with E-state index in [-0.39, 0.29) is 11.5 Å². The lowest BCUT2D eigenvalue weighted by Crippen LogP contribution is -2.04. The number of aromatic nitrogens is 2. The van der Waals surface area contributed by atoms with E-state index in [1.165, 1.54) is 10.7 Å². The number of halogens is 1. The third-order valence-electron chi connectivity index (χ3n) is 2.10. The molecule has 0 bridgehead atoms. The molecule has 7 nitrogen and oxygen atoms in total. The fourth-order valence-corrected chi connectivity index (χ4v) is 1.96. The number of hydrogen-bond donors (Lipinski definition) is 2. The van der Waals surface area contributed by atoms with E-state index in [0.717, 1.165) is 4.47 Å². The first kappa shape index (κ1) is 13.6. The summed E-state index contributed by atoms with van der Waals surface area (Å²) in [4.78, 5) is 8.61. The first-order chi connectivity index (χ1) is 9.10. The van der Waals surface area contributed by atoms with Crippen molar-refractivity contribution in [1.29, 1.82) is 5.26 Å². The zero-order chi connectivity index (χ0) is 13.8. The van der Waals surface area contributed by atoms with Crippen LogP contribution in [0.3, 0.4) is 0 Å². The molecule has 2 N–H and O–H groups in total. The number of nitrogens with zero attached hydrogens (tertiary/aromatic N) is 3. The number of nitriles is 1. The van der Waals surface area contributed by atoms with Crippen molar-refractivity contribution in [2.24, 2.45) is 0 Å². The molecule has 0 fully saturated rings. The first-order valence-corrected chi connectivity index (χ1v) is 6.87. The summed E-state index contributed by atoms with van der Waals surface area (Å²) < 4.78 is 17.1.